The molecule has 0 fully saturated rings. The molecule has 0 aliphatic carbocycles. The molecule has 108 valence electrons. The molecule has 2 heteroatoms. The van der Waals surface area contributed by atoms with E-state index in [1.54, 1.807) is 0 Å². The first-order valence-corrected chi connectivity index (χ1v) is 7.67. The van der Waals surface area contributed by atoms with Gasteiger partial charge in [-0.2, -0.15) is 0 Å². The van der Waals surface area contributed by atoms with Crippen molar-refractivity contribution in [2.75, 3.05) is 11.9 Å². The minimum Gasteiger partial charge on any atom is -0.372 e. The largest absolute Gasteiger partial charge is 0.372 e. The lowest BCUT2D eigenvalue weighted by Gasteiger charge is -2.34. The van der Waals surface area contributed by atoms with Gasteiger partial charge in [-0.05, 0) is 37.5 Å². The third-order valence-corrected chi connectivity index (χ3v) is 4.38. The summed E-state index contributed by atoms with van der Waals surface area (Å²) >= 11 is 0. The molecule has 3 rings (SSSR count). The molecule has 2 nitrogen and oxygen atoms in total. The number of nitrogens with zero attached hydrogens (tertiary/aromatic N) is 2. The van der Waals surface area contributed by atoms with E-state index in [0.29, 0.717) is 6.04 Å². The summed E-state index contributed by atoms with van der Waals surface area (Å²) < 4.78 is 0. The van der Waals surface area contributed by atoms with Crippen LogP contribution in [0.5, 0.6) is 0 Å². The fourth-order valence-electron chi connectivity index (χ4n) is 2.92. The molecule has 0 aromatic heterocycles. The van der Waals surface area contributed by atoms with Gasteiger partial charge in [0.2, 0.25) is 0 Å². The highest BCUT2D eigenvalue weighted by atomic mass is 15.1. The molecular formula is C19H22N2. The maximum Gasteiger partial charge on any atom is 0.0678 e. The zero-order chi connectivity index (χ0) is 14.7. The molecule has 1 atom stereocenters. The summed E-state index contributed by atoms with van der Waals surface area (Å²) in [5.41, 5.74) is 5.16. The lowest BCUT2D eigenvalue weighted by atomic mass is 9.96. The normalized spacial score (nSPS) is 18.0. The summed E-state index contributed by atoms with van der Waals surface area (Å²) in [6.45, 7) is 2.29. The van der Waals surface area contributed by atoms with Crippen molar-refractivity contribution < 1.29 is 0 Å². The Kier molecular flexibility index (Phi) is 4.05. The first-order valence-electron chi connectivity index (χ1n) is 7.67. The van der Waals surface area contributed by atoms with Crippen LogP contribution in [0.3, 0.4) is 0 Å². The lowest BCUT2D eigenvalue weighted by Crippen LogP contribution is -2.33. The number of rotatable bonds is 3. The molecule has 1 unspecified atom stereocenters. The second-order valence-corrected chi connectivity index (χ2v) is 5.77. The van der Waals surface area contributed by atoms with Gasteiger partial charge in [-0.25, -0.2) is 0 Å². The van der Waals surface area contributed by atoms with Crippen LogP contribution in [-0.2, 0) is 12.8 Å². The molecule has 1 aliphatic heterocycles. The third-order valence-electron chi connectivity index (χ3n) is 4.38. The van der Waals surface area contributed by atoms with E-state index < -0.39 is 0 Å². The lowest BCUT2D eigenvalue weighted by molar-refractivity contribution is 0.599. The predicted molar refractivity (Wildman–Crippen MR) is 90.9 cm³/mol. The SMILES string of the molecule is CC1CCc2c(/N=C/Cc3ccccc3)cccc2N1C. The molecule has 0 amide bonds. The monoisotopic (exact) mass is 278 g/mol. The molecular weight excluding hydrogens is 256 g/mol. The van der Waals surface area contributed by atoms with Crippen LogP contribution < -0.4 is 4.90 Å². The third kappa shape index (κ3) is 2.99. The standard InChI is InChI=1S/C19H22N2/c1-15-11-12-17-18(9-6-10-19(17)21(15)2)20-14-13-16-7-4-3-5-8-16/h3-10,14-15H,11-13H2,1-2H3/b20-14+. The van der Waals surface area contributed by atoms with E-state index in [2.05, 4.69) is 61.3 Å². The molecule has 0 radical (unpaired) electrons. The van der Waals surface area contributed by atoms with Gasteiger partial charge in [0.05, 0.1) is 5.69 Å². The van der Waals surface area contributed by atoms with E-state index in [1.165, 1.54) is 23.2 Å². The van der Waals surface area contributed by atoms with Gasteiger partial charge in [-0.15, -0.1) is 0 Å². The van der Waals surface area contributed by atoms with Crippen LogP contribution >= 0.6 is 0 Å². The van der Waals surface area contributed by atoms with Crippen molar-refractivity contribution in [3.8, 4) is 0 Å². The Morgan fingerprint density at radius 1 is 1.14 bits per heavy atom. The second kappa shape index (κ2) is 6.13. The van der Waals surface area contributed by atoms with Gasteiger partial charge in [-0.3, -0.25) is 4.99 Å². The quantitative estimate of drug-likeness (QED) is 0.760. The Morgan fingerprint density at radius 3 is 2.76 bits per heavy atom. The average Bonchev–Trinajstić information content (AvgIpc) is 2.52. The Hall–Kier alpha value is -2.09. The molecule has 21 heavy (non-hydrogen) atoms. The number of hydrogen-bond acceptors (Lipinski definition) is 2. The number of anilines is 1. The van der Waals surface area contributed by atoms with Crippen molar-refractivity contribution in [1.82, 2.24) is 0 Å². The molecule has 0 N–H and O–H groups in total. The Labute approximate surface area is 127 Å². The fourth-order valence-corrected chi connectivity index (χ4v) is 2.92. The second-order valence-electron chi connectivity index (χ2n) is 5.77. The van der Waals surface area contributed by atoms with Gasteiger partial charge in [0, 0.05) is 37.0 Å². The van der Waals surface area contributed by atoms with E-state index in [4.69, 9.17) is 4.99 Å². The minimum atomic E-state index is 0.612. The van der Waals surface area contributed by atoms with Crippen LogP contribution in [-0.4, -0.2) is 19.3 Å². The Morgan fingerprint density at radius 2 is 1.95 bits per heavy atom. The fraction of sp³-hybridized carbons (Fsp3) is 0.316. The molecule has 2 aromatic carbocycles. The highest BCUT2D eigenvalue weighted by Gasteiger charge is 2.21. The van der Waals surface area contributed by atoms with Crippen molar-refractivity contribution in [3.05, 3.63) is 59.7 Å². The maximum absolute atomic E-state index is 4.72. The van der Waals surface area contributed by atoms with Gasteiger partial charge < -0.3 is 4.90 Å². The molecule has 1 heterocycles. The summed E-state index contributed by atoms with van der Waals surface area (Å²) in [5.74, 6) is 0. The number of benzene rings is 2. The van der Waals surface area contributed by atoms with Crippen LogP contribution in [0.1, 0.15) is 24.5 Å². The summed E-state index contributed by atoms with van der Waals surface area (Å²) in [6.07, 6.45) is 5.24. The van der Waals surface area contributed by atoms with Crippen LogP contribution in [0.2, 0.25) is 0 Å². The Bertz CT molecular complexity index is 631. The zero-order valence-electron chi connectivity index (χ0n) is 12.8. The molecule has 2 aromatic rings. The average molecular weight is 278 g/mol. The van der Waals surface area contributed by atoms with Crippen molar-refractivity contribution >= 4 is 17.6 Å². The van der Waals surface area contributed by atoms with Gasteiger partial charge in [0.25, 0.3) is 0 Å². The van der Waals surface area contributed by atoms with Crippen molar-refractivity contribution in [1.29, 1.82) is 0 Å². The molecule has 0 bridgehead atoms. The highest BCUT2D eigenvalue weighted by molar-refractivity contribution is 5.72. The van der Waals surface area contributed by atoms with E-state index in [1.807, 2.05) is 12.3 Å². The minimum absolute atomic E-state index is 0.612. The summed E-state index contributed by atoms with van der Waals surface area (Å²) in [4.78, 5) is 7.09. The van der Waals surface area contributed by atoms with Gasteiger partial charge in [0.1, 0.15) is 0 Å². The van der Waals surface area contributed by atoms with Crippen LogP contribution in [0.25, 0.3) is 0 Å². The van der Waals surface area contributed by atoms with Gasteiger partial charge in [-0.1, -0.05) is 36.4 Å². The van der Waals surface area contributed by atoms with E-state index in [-0.39, 0.29) is 0 Å². The van der Waals surface area contributed by atoms with Crippen molar-refractivity contribution in [2.45, 2.75) is 32.2 Å². The van der Waals surface area contributed by atoms with Crippen LogP contribution in [0.4, 0.5) is 11.4 Å². The topological polar surface area (TPSA) is 15.6 Å². The summed E-state index contributed by atoms with van der Waals surface area (Å²) in [5, 5.41) is 0. The summed E-state index contributed by atoms with van der Waals surface area (Å²) in [6, 6.07) is 17.5. The predicted octanol–water partition coefficient (Wildman–Crippen LogP) is 4.40. The van der Waals surface area contributed by atoms with Crippen LogP contribution in [0.15, 0.2) is 53.5 Å². The molecule has 0 spiro atoms. The molecule has 1 aliphatic rings. The van der Waals surface area contributed by atoms with Crippen molar-refractivity contribution in [2.24, 2.45) is 4.99 Å². The smallest absolute Gasteiger partial charge is 0.0678 e. The Balaban J connectivity index is 1.80. The summed E-state index contributed by atoms with van der Waals surface area (Å²) in [7, 11) is 2.18. The first-order chi connectivity index (χ1) is 10.3. The number of fused-ring (bicyclic) bond motifs is 1. The van der Waals surface area contributed by atoms with Crippen molar-refractivity contribution in [3.63, 3.8) is 0 Å². The van der Waals surface area contributed by atoms with E-state index in [9.17, 15) is 0 Å². The van der Waals surface area contributed by atoms with E-state index in [0.717, 1.165) is 18.5 Å². The number of hydrogen-bond donors (Lipinski definition) is 0. The maximum atomic E-state index is 4.72. The molecule has 0 saturated heterocycles. The molecule has 0 saturated carbocycles. The number of aliphatic imine (C=N–C) groups is 1. The van der Waals surface area contributed by atoms with Gasteiger partial charge >= 0.3 is 0 Å². The first kappa shape index (κ1) is 13.9. The van der Waals surface area contributed by atoms with Crippen LogP contribution in [0, 0.1) is 0 Å². The van der Waals surface area contributed by atoms with Gasteiger partial charge in [0.15, 0.2) is 0 Å². The zero-order valence-corrected chi connectivity index (χ0v) is 12.8. The highest BCUT2D eigenvalue weighted by Crippen LogP contribution is 2.35. The van der Waals surface area contributed by atoms with E-state index >= 15 is 0 Å².